The van der Waals surface area contributed by atoms with E-state index in [2.05, 4.69) is 0 Å². The monoisotopic (exact) mass is 223 g/mol. The van der Waals surface area contributed by atoms with Crippen LogP contribution in [0.2, 0.25) is 0 Å². The van der Waals surface area contributed by atoms with Crippen LogP contribution in [-0.4, -0.2) is 23.6 Å². The quantitative estimate of drug-likeness (QED) is 0.771. The van der Waals surface area contributed by atoms with Crippen molar-refractivity contribution in [3.63, 3.8) is 0 Å². The minimum Gasteiger partial charge on any atom is -0.447 e. The SMILES string of the molecule is CC(C)N1C(=O)OCC1c1ccccc1F. The summed E-state index contributed by atoms with van der Waals surface area (Å²) in [5.41, 5.74) is 0.516. The van der Waals surface area contributed by atoms with Crippen molar-refractivity contribution in [1.29, 1.82) is 0 Å². The van der Waals surface area contributed by atoms with Crippen LogP contribution in [0.15, 0.2) is 24.3 Å². The Morgan fingerprint density at radius 1 is 1.44 bits per heavy atom. The van der Waals surface area contributed by atoms with Crippen molar-refractivity contribution >= 4 is 6.09 Å². The molecular formula is C12H14FNO2. The van der Waals surface area contributed by atoms with E-state index in [9.17, 15) is 9.18 Å². The molecule has 1 heterocycles. The molecule has 1 atom stereocenters. The molecule has 0 aliphatic carbocycles. The maximum atomic E-state index is 13.6. The summed E-state index contributed by atoms with van der Waals surface area (Å²) in [5, 5.41) is 0. The van der Waals surface area contributed by atoms with E-state index < -0.39 is 0 Å². The number of cyclic esters (lactones) is 1. The van der Waals surface area contributed by atoms with Crippen LogP contribution in [0.4, 0.5) is 9.18 Å². The van der Waals surface area contributed by atoms with Crippen LogP contribution < -0.4 is 0 Å². The molecule has 0 spiro atoms. The second-order valence-electron chi connectivity index (χ2n) is 4.12. The van der Waals surface area contributed by atoms with E-state index in [4.69, 9.17) is 4.74 Å². The highest BCUT2D eigenvalue weighted by molar-refractivity contribution is 5.71. The first kappa shape index (κ1) is 10.9. The Hall–Kier alpha value is -1.58. The molecule has 0 saturated carbocycles. The second-order valence-corrected chi connectivity index (χ2v) is 4.12. The molecule has 1 fully saturated rings. The third kappa shape index (κ3) is 1.75. The summed E-state index contributed by atoms with van der Waals surface area (Å²) in [6, 6.07) is 6.18. The number of carbonyl (C=O) groups is 1. The Labute approximate surface area is 93.8 Å². The highest BCUT2D eigenvalue weighted by Gasteiger charge is 2.36. The third-order valence-electron chi connectivity index (χ3n) is 2.73. The van der Waals surface area contributed by atoms with Crippen molar-refractivity contribution in [2.75, 3.05) is 6.61 Å². The van der Waals surface area contributed by atoms with Gasteiger partial charge in [-0.05, 0) is 19.9 Å². The molecular weight excluding hydrogens is 209 g/mol. The standard InChI is InChI=1S/C12H14FNO2/c1-8(2)14-11(7-16-12(14)15)9-5-3-4-6-10(9)13/h3-6,8,11H,7H2,1-2H3. The van der Waals surface area contributed by atoms with Crippen molar-refractivity contribution in [2.45, 2.75) is 25.9 Å². The van der Waals surface area contributed by atoms with Crippen LogP contribution in [0.3, 0.4) is 0 Å². The summed E-state index contributed by atoms with van der Waals surface area (Å²) in [4.78, 5) is 13.1. The van der Waals surface area contributed by atoms with Gasteiger partial charge >= 0.3 is 6.09 Å². The van der Waals surface area contributed by atoms with Gasteiger partial charge in [0, 0.05) is 11.6 Å². The van der Waals surface area contributed by atoms with Gasteiger partial charge in [-0.2, -0.15) is 0 Å². The van der Waals surface area contributed by atoms with Crippen LogP contribution >= 0.6 is 0 Å². The Morgan fingerprint density at radius 2 is 2.12 bits per heavy atom. The van der Waals surface area contributed by atoms with E-state index in [0.29, 0.717) is 5.56 Å². The lowest BCUT2D eigenvalue weighted by atomic mass is 10.1. The fraction of sp³-hybridized carbons (Fsp3) is 0.417. The smallest absolute Gasteiger partial charge is 0.410 e. The molecule has 1 amide bonds. The zero-order valence-electron chi connectivity index (χ0n) is 9.31. The summed E-state index contributed by atoms with van der Waals surface area (Å²) in [6.07, 6.45) is -0.372. The van der Waals surface area contributed by atoms with E-state index in [1.165, 1.54) is 6.07 Å². The van der Waals surface area contributed by atoms with Crippen LogP contribution in [0.5, 0.6) is 0 Å². The minimum atomic E-state index is -0.372. The normalized spacial score (nSPS) is 20.4. The highest BCUT2D eigenvalue weighted by atomic mass is 19.1. The predicted octanol–water partition coefficient (Wildman–Crippen LogP) is 2.73. The largest absolute Gasteiger partial charge is 0.447 e. The number of amides is 1. The van der Waals surface area contributed by atoms with Crippen molar-refractivity contribution in [1.82, 2.24) is 4.90 Å². The molecule has 1 aliphatic rings. The first-order valence-electron chi connectivity index (χ1n) is 5.30. The third-order valence-corrected chi connectivity index (χ3v) is 2.73. The van der Waals surface area contributed by atoms with Crippen LogP contribution in [0.1, 0.15) is 25.5 Å². The van der Waals surface area contributed by atoms with Gasteiger partial charge in [0.25, 0.3) is 0 Å². The number of hydrogen-bond acceptors (Lipinski definition) is 2. The maximum Gasteiger partial charge on any atom is 0.410 e. The van der Waals surface area contributed by atoms with Crippen LogP contribution in [0.25, 0.3) is 0 Å². The summed E-state index contributed by atoms with van der Waals surface area (Å²) in [6.45, 7) is 4.00. The number of nitrogens with zero attached hydrogens (tertiary/aromatic N) is 1. The molecule has 1 aromatic rings. The molecule has 16 heavy (non-hydrogen) atoms. The average Bonchev–Trinajstić information content (AvgIpc) is 2.61. The van der Waals surface area contributed by atoms with Crippen LogP contribution in [0, 0.1) is 5.82 Å². The predicted molar refractivity (Wildman–Crippen MR) is 57.5 cm³/mol. The van der Waals surface area contributed by atoms with Gasteiger partial charge in [0.15, 0.2) is 0 Å². The number of hydrogen-bond donors (Lipinski definition) is 0. The first-order chi connectivity index (χ1) is 7.61. The van der Waals surface area contributed by atoms with Gasteiger partial charge in [0.2, 0.25) is 0 Å². The fourth-order valence-corrected chi connectivity index (χ4v) is 1.99. The van der Waals surface area contributed by atoms with Crippen molar-refractivity contribution in [2.24, 2.45) is 0 Å². The number of carbonyl (C=O) groups excluding carboxylic acids is 1. The van der Waals surface area contributed by atoms with Gasteiger partial charge in [-0.15, -0.1) is 0 Å². The molecule has 0 N–H and O–H groups in total. The lowest BCUT2D eigenvalue weighted by Gasteiger charge is -2.25. The summed E-state index contributed by atoms with van der Waals surface area (Å²) >= 11 is 0. The zero-order chi connectivity index (χ0) is 11.7. The van der Waals surface area contributed by atoms with Crippen molar-refractivity contribution < 1.29 is 13.9 Å². The number of benzene rings is 1. The maximum absolute atomic E-state index is 13.6. The highest BCUT2D eigenvalue weighted by Crippen LogP contribution is 2.30. The van der Waals surface area contributed by atoms with E-state index in [-0.39, 0.29) is 30.6 Å². The Bertz CT molecular complexity index is 406. The Kier molecular flexibility index (Phi) is 2.81. The Morgan fingerprint density at radius 3 is 2.75 bits per heavy atom. The summed E-state index contributed by atoms with van der Waals surface area (Å²) < 4.78 is 18.6. The number of halogens is 1. The second kappa shape index (κ2) is 4.12. The molecule has 0 aromatic heterocycles. The molecule has 3 nitrogen and oxygen atoms in total. The van der Waals surface area contributed by atoms with E-state index in [0.717, 1.165) is 0 Å². The topological polar surface area (TPSA) is 29.5 Å². The first-order valence-corrected chi connectivity index (χ1v) is 5.30. The molecule has 1 aromatic carbocycles. The summed E-state index contributed by atoms with van der Waals surface area (Å²) in [7, 11) is 0. The van der Waals surface area contributed by atoms with Gasteiger partial charge < -0.3 is 4.74 Å². The lowest BCUT2D eigenvalue weighted by molar-refractivity contribution is 0.149. The lowest BCUT2D eigenvalue weighted by Crippen LogP contribution is -2.34. The molecule has 1 aliphatic heterocycles. The molecule has 1 saturated heterocycles. The van der Waals surface area contributed by atoms with Gasteiger partial charge in [-0.25, -0.2) is 9.18 Å². The number of ether oxygens (including phenoxy) is 1. The average molecular weight is 223 g/mol. The van der Waals surface area contributed by atoms with Crippen molar-refractivity contribution in [3.05, 3.63) is 35.6 Å². The van der Waals surface area contributed by atoms with Gasteiger partial charge in [0.1, 0.15) is 12.4 Å². The van der Waals surface area contributed by atoms with Crippen molar-refractivity contribution in [3.8, 4) is 0 Å². The molecule has 0 radical (unpaired) electrons. The van der Waals surface area contributed by atoms with E-state index in [1.807, 2.05) is 13.8 Å². The zero-order valence-corrected chi connectivity index (χ0v) is 9.31. The molecule has 1 unspecified atom stereocenters. The van der Waals surface area contributed by atoms with Gasteiger partial charge in [-0.3, -0.25) is 4.90 Å². The molecule has 2 rings (SSSR count). The molecule has 0 bridgehead atoms. The fourth-order valence-electron chi connectivity index (χ4n) is 1.99. The van der Waals surface area contributed by atoms with E-state index >= 15 is 0 Å². The summed E-state index contributed by atoms with van der Waals surface area (Å²) in [5.74, 6) is -0.295. The van der Waals surface area contributed by atoms with E-state index in [1.54, 1.807) is 23.1 Å². The molecule has 4 heteroatoms. The number of rotatable bonds is 2. The minimum absolute atomic E-state index is 0.000365. The van der Waals surface area contributed by atoms with Gasteiger partial charge in [-0.1, -0.05) is 18.2 Å². The van der Waals surface area contributed by atoms with Crippen LogP contribution in [-0.2, 0) is 4.74 Å². The van der Waals surface area contributed by atoms with Gasteiger partial charge in [0.05, 0.1) is 6.04 Å². The Balaban J connectivity index is 2.34. The molecule has 86 valence electrons.